The Morgan fingerprint density at radius 3 is 2.60 bits per heavy atom. The zero-order valence-corrected chi connectivity index (χ0v) is 21.2. The van der Waals surface area contributed by atoms with E-state index in [2.05, 4.69) is 23.6 Å². The van der Waals surface area contributed by atoms with Gasteiger partial charge in [0.2, 0.25) is 0 Å². The number of carboxylic acid groups (broad SMARTS) is 1. The Labute approximate surface area is 207 Å². The molecule has 3 aliphatic rings. The molecule has 1 aromatic heterocycles. The fourth-order valence-corrected chi connectivity index (χ4v) is 6.97. The molecule has 0 spiro atoms. The number of ether oxygens (including phenoxy) is 1. The van der Waals surface area contributed by atoms with Crippen molar-refractivity contribution in [3.05, 3.63) is 29.1 Å². The number of hydrogen-bond donors (Lipinski definition) is 1. The number of imidazole rings is 1. The van der Waals surface area contributed by atoms with Crippen LogP contribution in [0.2, 0.25) is 0 Å². The van der Waals surface area contributed by atoms with Crippen LogP contribution in [-0.2, 0) is 22.5 Å². The average molecular weight is 482 g/mol. The van der Waals surface area contributed by atoms with Gasteiger partial charge in [0.1, 0.15) is 5.82 Å². The lowest BCUT2D eigenvalue weighted by Crippen LogP contribution is -2.35. The van der Waals surface area contributed by atoms with E-state index in [9.17, 15) is 14.7 Å². The predicted molar refractivity (Wildman–Crippen MR) is 134 cm³/mol. The summed E-state index contributed by atoms with van der Waals surface area (Å²) in [5.74, 6) is 0.942. The molecule has 0 saturated heterocycles. The monoisotopic (exact) mass is 481 g/mol. The molecule has 1 amide bonds. The van der Waals surface area contributed by atoms with Crippen LogP contribution in [0.1, 0.15) is 100 Å². The van der Waals surface area contributed by atoms with Crippen LogP contribution in [0, 0.1) is 11.8 Å². The summed E-state index contributed by atoms with van der Waals surface area (Å²) in [6.45, 7) is 3.44. The molecule has 7 nitrogen and oxygen atoms in total. The lowest BCUT2D eigenvalue weighted by Gasteiger charge is -2.32. The van der Waals surface area contributed by atoms with Crippen molar-refractivity contribution in [1.82, 2.24) is 14.5 Å². The number of fused-ring (bicyclic) bond motifs is 3. The number of carbonyl (C=O) groups excluding carboxylic acids is 1. The lowest BCUT2D eigenvalue weighted by atomic mass is 9.76. The van der Waals surface area contributed by atoms with Gasteiger partial charge in [-0.1, -0.05) is 38.2 Å². The molecule has 1 N–H and O–H groups in total. The Hall–Kier alpha value is -2.57. The standard InChI is InChI=1S/C28H39N3O4/c1-18(16-21-10-6-7-11-22(21)27(32)33)31-24-13-12-19-14-15-30(28(34)35-2)17-23(19)25(24)29-26(31)20-8-4-3-5-9-20/h12-13,18,20-22H,3-11,14-17H2,1-2H3,(H,32,33)/t18-,21?,22-/m0/s1. The largest absolute Gasteiger partial charge is 0.481 e. The number of amides is 1. The van der Waals surface area contributed by atoms with Crippen molar-refractivity contribution < 1.29 is 19.4 Å². The van der Waals surface area contributed by atoms with Crippen molar-refractivity contribution in [2.24, 2.45) is 11.8 Å². The highest BCUT2D eigenvalue weighted by Crippen LogP contribution is 2.41. The summed E-state index contributed by atoms with van der Waals surface area (Å²) in [4.78, 5) is 31.3. The van der Waals surface area contributed by atoms with E-state index in [1.165, 1.54) is 37.8 Å². The fourth-order valence-electron chi connectivity index (χ4n) is 6.97. The minimum Gasteiger partial charge on any atom is -0.481 e. The zero-order valence-electron chi connectivity index (χ0n) is 21.2. The van der Waals surface area contributed by atoms with E-state index in [0.717, 1.165) is 68.0 Å². The third-order valence-electron chi connectivity index (χ3n) is 8.81. The Kier molecular flexibility index (Phi) is 7.03. The van der Waals surface area contributed by atoms with Gasteiger partial charge < -0.3 is 19.3 Å². The summed E-state index contributed by atoms with van der Waals surface area (Å²) in [5.41, 5.74) is 4.56. The molecule has 0 radical (unpaired) electrons. The number of aliphatic carboxylic acids is 1. The molecule has 190 valence electrons. The number of carboxylic acids is 1. The van der Waals surface area contributed by atoms with Gasteiger partial charge in [0, 0.05) is 24.1 Å². The second-order valence-corrected chi connectivity index (χ2v) is 11.0. The van der Waals surface area contributed by atoms with Gasteiger partial charge in [-0.05, 0) is 63.0 Å². The quantitative estimate of drug-likeness (QED) is 0.562. The first-order chi connectivity index (χ1) is 17.0. The molecule has 5 rings (SSSR count). The normalized spacial score (nSPS) is 24.2. The summed E-state index contributed by atoms with van der Waals surface area (Å²) >= 11 is 0. The highest BCUT2D eigenvalue weighted by Gasteiger charge is 2.34. The van der Waals surface area contributed by atoms with E-state index in [1.54, 1.807) is 4.90 Å². The average Bonchev–Trinajstić information content (AvgIpc) is 3.29. The van der Waals surface area contributed by atoms with Gasteiger partial charge in [-0.15, -0.1) is 0 Å². The second-order valence-electron chi connectivity index (χ2n) is 11.0. The first-order valence-corrected chi connectivity index (χ1v) is 13.6. The summed E-state index contributed by atoms with van der Waals surface area (Å²) in [7, 11) is 1.44. The molecular formula is C28H39N3O4. The summed E-state index contributed by atoms with van der Waals surface area (Å²) in [5, 5.41) is 9.84. The Balaban J connectivity index is 1.55. The van der Waals surface area contributed by atoms with Crippen molar-refractivity contribution in [2.45, 2.75) is 96.1 Å². The Morgan fingerprint density at radius 1 is 1.11 bits per heavy atom. The highest BCUT2D eigenvalue weighted by molar-refractivity contribution is 5.82. The molecular weight excluding hydrogens is 442 g/mol. The van der Waals surface area contributed by atoms with E-state index >= 15 is 0 Å². The van der Waals surface area contributed by atoms with E-state index in [-0.39, 0.29) is 24.0 Å². The SMILES string of the molecule is COC(=O)N1CCc2ccc3c(nc(C4CCCCC4)n3[C@@H](C)CC3CCCC[C@@H]3C(=O)O)c2C1. The lowest BCUT2D eigenvalue weighted by molar-refractivity contribution is -0.145. The molecule has 1 aliphatic heterocycles. The molecule has 3 atom stereocenters. The molecule has 2 fully saturated rings. The highest BCUT2D eigenvalue weighted by atomic mass is 16.5. The van der Waals surface area contributed by atoms with E-state index in [4.69, 9.17) is 9.72 Å². The van der Waals surface area contributed by atoms with Crippen LogP contribution >= 0.6 is 0 Å². The number of carbonyl (C=O) groups is 2. The summed E-state index contributed by atoms with van der Waals surface area (Å²) in [6, 6.07) is 4.61. The van der Waals surface area contributed by atoms with Crippen LogP contribution in [0.25, 0.3) is 11.0 Å². The third kappa shape index (κ3) is 4.66. The molecule has 1 unspecified atom stereocenters. The fraction of sp³-hybridized carbons (Fsp3) is 0.679. The topological polar surface area (TPSA) is 84.7 Å². The van der Waals surface area contributed by atoms with Crippen LogP contribution in [0.15, 0.2) is 12.1 Å². The first-order valence-electron chi connectivity index (χ1n) is 13.6. The van der Waals surface area contributed by atoms with Gasteiger partial charge in [0.15, 0.2) is 0 Å². The second kappa shape index (κ2) is 10.2. The molecule has 2 saturated carbocycles. The number of nitrogens with zero attached hydrogens (tertiary/aromatic N) is 3. The number of methoxy groups -OCH3 is 1. The maximum atomic E-state index is 12.3. The molecule has 0 bridgehead atoms. The van der Waals surface area contributed by atoms with E-state index in [1.807, 2.05) is 0 Å². The van der Waals surface area contributed by atoms with Gasteiger partial charge in [-0.25, -0.2) is 9.78 Å². The number of hydrogen-bond acceptors (Lipinski definition) is 4. The van der Waals surface area contributed by atoms with Gasteiger partial charge in [0.05, 0.1) is 30.6 Å². The molecule has 1 aromatic carbocycles. The number of aromatic nitrogens is 2. The van der Waals surface area contributed by atoms with Crippen LogP contribution in [0.5, 0.6) is 0 Å². The van der Waals surface area contributed by atoms with E-state index < -0.39 is 5.97 Å². The number of rotatable bonds is 5. The van der Waals surface area contributed by atoms with Crippen LogP contribution in [0.4, 0.5) is 4.79 Å². The molecule has 35 heavy (non-hydrogen) atoms. The van der Waals surface area contributed by atoms with Crippen molar-refractivity contribution in [2.75, 3.05) is 13.7 Å². The zero-order chi connectivity index (χ0) is 24.5. The summed E-state index contributed by atoms with van der Waals surface area (Å²) < 4.78 is 7.45. The van der Waals surface area contributed by atoms with Crippen molar-refractivity contribution >= 4 is 23.1 Å². The summed E-state index contributed by atoms with van der Waals surface area (Å²) in [6.07, 6.45) is 11.4. The van der Waals surface area contributed by atoms with Gasteiger partial charge in [0.25, 0.3) is 0 Å². The first kappa shape index (κ1) is 24.1. The molecule has 2 aromatic rings. The van der Waals surface area contributed by atoms with Gasteiger partial charge >= 0.3 is 12.1 Å². The van der Waals surface area contributed by atoms with Crippen LogP contribution < -0.4 is 0 Å². The maximum absolute atomic E-state index is 12.3. The van der Waals surface area contributed by atoms with Crippen molar-refractivity contribution in [1.29, 1.82) is 0 Å². The van der Waals surface area contributed by atoms with Crippen molar-refractivity contribution in [3.8, 4) is 0 Å². The predicted octanol–water partition coefficient (Wildman–Crippen LogP) is 6.05. The maximum Gasteiger partial charge on any atom is 0.409 e. The number of benzene rings is 1. The van der Waals surface area contributed by atoms with Crippen LogP contribution in [0.3, 0.4) is 0 Å². The smallest absolute Gasteiger partial charge is 0.409 e. The third-order valence-corrected chi connectivity index (χ3v) is 8.81. The molecule has 7 heteroatoms. The molecule has 2 heterocycles. The minimum atomic E-state index is -0.637. The Bertz CT molecular complexity index is 1090. The van der Waals surface area contributed by atoms with Gasteiger partial charge in [-0.3, -0.25) is 4.79 Å². The minimum absolute atomic E-state index is 0.181. The Morgan fingerprint density at radius 2 is 1.86 bits per heavy atom. The van der Waals surface area contributed by atoms with E-state index in [0.29, 0.717) is 19.0 Å². The van der Waals surface area contributed by atoms with Gasteiger partial charge in [-0.2, -0.15) is 0 Å². The van der Waals surface area contributed by atoms with Crippen molar-refractivity contribution in [3.63, 3.8) is 0 Å². The van der Waals surface area contributed by atoms with Crippen LogP contribution in [-0.4, -0.2) is 45.3 Å². The molecule has 2 aliphatic carbocycles.